The van der Waals surface area contributed by atoms with Crippen LogP contribution < -0.4 is 5.32 Å². The molecule has 4 heteroatoms. The maximum atomic E-state index is 9.08. The zero-order valence-electron chi connectivity index (χ0n) is 9.99. The highest BCUT2D eigenvalue weighted by molar-refractivity contribution is 5.00. The fraction of sp³-hybridized carbons (Fsp3) is 0.727. The van der Waals surface area contributed by atoms with Crippen LogP contribution in [0.15, 0.2) is 12.3 Å². The summed E-state index contributed by atoms with van der Waals surface area (Å²) in [7, 11) is 0. The lowest BCUT2D eigenvalue weighted by Crippen LogP contribution is -2.42. The fourth-order valence-electron chi connectivity index (χ4n) is 1.15. The van der Waals surface area contributed by atoms with Crippen molar-refractivity contribution in [2.24, 2.45) is 0 Å². The molecule has 0 fully saturated rings. The van der Waals surface area contributed by atoms with Gasteiger partial charge in [-0.1, -0.05) is 0 Å². The van der Waals surface area contributed by atoms with Crippen molar-refractivity contribution in [2.75, 3.05) is 6.61 Å². The first kappa shape index (κ1) is 12.2. The van der Waals surface area contributed by atoms with Gasteiger partial charge < -0.3 is 10.4 Å². The van der Waals surface area contributed by atoms with E-state index in [1.54, 1.807) is 0 Å². The average molecular weight is 211 g/mol. The van der Waals surface area contributed by atoms with Gasteiger partial charge in [0.2, 0.25) is 0 Å². The third-order valence-corrected chi connectivity index (χ3v) is 2.34. The molecule has 1 heterocycles. The number of aliphatic hydroxyl groups excluding tert-OH is 1. The molecular formula is C11H21N3O. The summed E-state index contributed by atoms with van der Waals surface area (Å²) in [5.74, 6) is 0. The van der Waals surface area contributed by atoms with Crippen LogP contribution in [0, 0.1) is 0 Å². The van der Waals surface area contributed by atoms with Gasteiger partial charge in [-0.05, 0) is 33.8 Å². The van der Waals surface area contributed by atoms with Crippen LogP contribution in [0.3, 0.4) is 0 Å². The van der Waals surface area contributed by atoms with E-state index in [0.29, 0.717) is 12.6 Å². The number of nitrogens with one attached hydrogen (secondary N) is 1. The molecule has 0 atom stereocenters. The van der Waals surface area contributed by atoms with Crippen LogP contribution in [0.2, 0.25) is 0 Å². The van der Waals surface area contributed by atoms with Crippen molar-refractivity contribution in [1.82, 2.24) is 15.1 Å². The summed E-state index contributed by atoms with van der Waals surface area (Å²) in [5.41, 5.74) is 0.756. The first-order valence-corrected chi connectivity index (χ1v) is 5.34. The Morgan fingerprint density at radius 1 is 1.53 bits per heavy atom. The van der Waals surface area contributed by atoms with Crippen LogP contribution >= 0.6 is 0 Å². The summed E-state index contributed by atoms with van der Waals surface area (Å²) in [4.78, 5) is 0. The van der Waals surface area contributed by atoms with Crippen molar-refractivity contribution in [3.8, 4) is 0 Å². The molecule has 0 radical (unpaired) electrons. The summed E-state index contributed by atoms with van der Waals surface area (Å²) >= 11 is 0. The third-order valence-electron chi connectivity index (χ3n) is 2.34. The summed E-state index contributed by atoms with van der Waals surface area (Å²) in [5, 5.41) is 16.7. The number of hydrogen-bond donors (Lipinski definition) is 2. The van der Waals surface area contributed by atoms with Crippen LogP contribution in [-0.4, -0.2) is 27.0 Å². The van der Waals surface area contributed by atoms with Crippen LogP contribution in [0.1, 0.15) is 39.4 Å². The first-order valence-electron chi connectivity index (χ1n) is 5.34. The van der Waals surface area contributed by atoms with Crippen LogP contribution in [0.4, 0.5) is 0 Å². The Bertz CT molecular complexity index is 305. The second-order valence-electron chi connectivity index (χ2n) is 4.78. The quantitative estimate of drug-likeness (QED) is 0.772. The van der Waals surface area contributed by atoms with Crippen LogP contribution in [0.5, 0.6) is 0 Å². The van der Waals surface area contributed by atoms with Crippen molar-refractivity contribution >= 4 is 0 Å². The number of aromatic nitrogens is 2. The van der Waals surface area contributed by atoms with Gasteiger partial charge in [0.15, 0.2) is 0 Å². The van der Waals surface area contributed by atoms with E-state index in [-0.39, 0.29) is 12.1 Å². The van der Waals surface area contributed by atoms with Gasteiger partial charge in [0.05, 0.1) is 12.3 Å². The standard InChI is InChI=1S/C11H21N3O/c1-9(2)14-6-5-10(13-14)7-12-11(3,4)8-15/h5-6,9,12,15H,7-8H2,1-4H3. The summed E-state index contributed by atoms with van der Waals surface area (Å²) in [6.07, 6.45) is 1.98. The predicted octanol–water partition coefficient (Wildman–Crippen LogP) is 1.32. The third kappa shape index (κ3) is 3.64. The molecule has 1 aromatic rings. The second kappa shape index (κ2) is 4.77. The molecule has 0 aromatic carbocycles. The highest BCUT2D eigenvalue weighted by Gasteiger charge is 2.15. The second-order valence-corrected chi connectivity index (χ2v) is 4.78. The molecule has 15 heavy (non-hydrogen) atoms. The van der Waals surface area contributed by atoms with Gasteiger partial charge in [0.1, 0.15) is 0 Å². The van der Waals surface area contributed by atoms with E-state index in [1.165, 1.54) is 0 Å². The Labute approximate surface area is 91.3 Å². The number of aliphatic hydroxyl groups is 1. The molecule has 86 valence electrons. The summed E-state index contributed by atoms with van der Waals surface area (Å²) in [6.45, 7) is 8.94. The molecule has 0 saturated heterocycles. The molecule has 1 rings (SSSR count). The highest BCUT2D eigenvalue weighted by Crippen LogP contribution is 2.06. The number of hydrogen-bond acceptors (Lipinski definition) is 3. The van der Waals surface area contributed by atoms with Crippen LogP contribution in [-0.2, 0) is 6.54 Å². The molecule has 0 unspecified atom stereocenters. The minimum atomic E-state index is -0.248. The Kier molecular flexibility index (Phi) is 3.88. The van der Waals surface area contributed by atoms with E-state index in [1.807, 2.05) is 30.8 Å². The Morgan fingerprint density at radius 3 is 2.67 bits per heavy atom. The van der Waals surface area contributed by atoms with Crippen molar-refractivity contribution in [3.63, 3.8) is 0 Å². The fourth-order valence-corrected chi connectivity index (χ4v) is 1.15. The van der Waals surface area contributed by atoms with Crippen molar-refractivity contribution in [2.45, 2.75) is 45.8 Å². The molecule has 2 N–H and O–H groups in total. The summed E-state index contributed by atoms with van der Waals surface area (Å²) < 4.78 is 1.93. The van der Waals surface area contributed by atoms with E-state index in [2.05, 4.69) is 24.3 Å². The monoisotopic (exact) mass is 211 g/mol. The molecule has 0 aliphatic rings. The molecule has 0 spiro atoms. The largest absolute Gasteiger partial charge is 0.394 e. The van der Waals surface area contributed by atoms with Crippen molar-refractivity contribution in [1.29, 1.82) is 0 Å². The average Bonchev–Trinajstić information content (AvgIpc) is 2.63. The van der Waals surface area contributed by atoms with Crippen molar-refractivity contribution in [3.05, 3.63) is 18.0 Å². The van der Waals surface area contributed by atoms with Gasteiger partial charge in [0.25, 0.3) is 0 Å². The number of rotatable bonds is 5. The van der Waals surface area contributed by atoms with Crippen molar-refractivity contribution < 1.29 is 5.11 Å². The van der Waals surface area contributed by atoms with E-state index in [9.17, 15) is 0 Å². The number of nitrogens with zero attached hydrogens (tertiary/aromatic N) is 2. The molecular weight excluding hydrogens is 190 g/mol. The Hall–Kier alpha value is -0.870. The zero-order valence-corrected chi connectivity index (χ0v) is 9.99. The first-order chi connectivity index (χ1) is 6.94. The minimum Gasteiger partial charge on any atom is -0.394 e. The minimum absolute atomic E-state index is 0.123. The lowest BCUT2D eigenvalue weighted by molar-refractivity contribution is 0.187. The Morgan fingerprint density at radius 2 is 2.20 bits per heavy atom. The molecule has 0 saturated carbocycles. The summed E-state index contributed by atoms with van der Waals surface area (Å²) in [6, 6.07) is 2.39. The molecule has 1 aromatic heterocycles. The van der Waals surface area contributed by atoms with E-state index in [0.717, 1.165) is 5.69 Å². The molecule has 0 amide bonds. The lowest BCUT2D eigenvalue weighted by Gasteiger charge is -2.22. The van der Waals surface area contributed by atoms with Gasteiger partial charge in [-0.3, -0.25) is 4.68 Å². The zero-order chi connectivity index (χ0) is 11.5. The van der Waals surface area contributed by atoms with Gasteiger partial charge in [-0.15, -0.1) is 0 Å². The van der Waals surface area contributed by atoms with Gasteiger partial charge in [-0.25, -0.2) is 0 Å². The smallest absolute Gasteiger partial charge is 0.0762 e. The maximum Gasteiger partial charge on any atom is 0.0762 e. The molecule has 0 bridgehead atoms. The lowest BCUT2D eigenvalue weighted by atomic mass is 10.1. The topological polar surface area (TPSA) is 50.1 Å². The molecule has 0 aliphatic carbocycles. The van der Waals surface area contributed by atoms with E-state index < -0.39 is 0 Å². The van der Waals surface area contributed by atoms with Gasteiger partial charge in [0, 0.05) is 24.3 Å². The predicted molar refractivity (Wildman–Crippen MR) is 60.6 cm³/mol. The normalized spacial score (nSPS) is 12.4. The SMILES string of the molecule is CC(C)n1ccc(CNC(C)(C)CO)n1. The highest BCUT2D eigenvalue weighted by atomic mass is 16.3. The van der Waals surface area contributed by atoms with E-state index >= 15 is 0 Å². The van der Waals surface area contributed by atoms with E-state index in [4.69, 9.17) is 5.11 Å². The van der Waals surface area contributed by atoms with Gasteiger partial charge in [-0.2, -0.15) is 5.10 Å². The Balaban J connectivity index is 2.51. The molecule has 0 aliphatic heterocycles. The molecule has 4 nitrogen and oxygen atoms in total. The maximum absolute atomic E-state index is 9.08. The van der Waals surface area contributed by atoms with Gasteiger partial charge >= 0.3 is 0 Å². The van der Waals surface area contributed by atoms with Crippen LogP contribution in [0.25, 0.3) is 0 Å².